The maximum Gasteiger partial charge on any atom is 0.278 e. The highest BCUT2D eigenvalue weighted by Gasteiger charge is 2.43. The number of nitrogens with zero attached hydrogens (tertiary/aromatic N) is 3. The molecule has 0 spiro atoms. The summed E-state index contributed by atoms with van der Waals surface area (Å²) in [6, 6.07) is 19.1. The van der Waals surface area contributed by atoms with Gasteiger partial charge in [0.1, 0.15) is 11.4 Å². The average molecular weight is 440 g/mol. The molecule has 3 heterocycles. The standard InChI is InChI=1S/C27H25N3O3/c1-18(2)33-22-11-9-21(10-12-22)24-25(29-15-13-20-7-3-4-8-23(20)29)27(32)30(26(24)31)17-19-6-5-14-28-16-19/h3-12,14,16,18H,13,15,17H2,1-2H3. The number of ether oxygens (including phenoxy) is 1. The Morgan fingerprint density at radius 2 is 1.76 bits per heavy atom. The predicted molar refractivity (Wildman–Crippen MR) is 126 cm³/mol. The fourth-order valence-electron chi connectivity index (χ4n) is 4.43. The molecule has 33 heavy (non-hydrogen) atoms. The van der Waals surface area contributed by atoms with Gasteiger partial charge in [0.2, 0.25) is 0 Å². The third kappa shape index (κ3) is 3.89. The van der Waals surface area contributed by atoms with Gasteiger partial charge in [0.15, 0.2) is 0 Å². The number of pyridine rings is 1. The summed E-state index contributed by atoms with van der Waals surface area (Å²) in [5.41, 5.74) is 4.54. The molecule has 2 amide bonds. The second-order valence-corrected chi connectivity index (χ2v) is 8.50. The summed E-state index contributed by atoms with van der Waals surface area (Å²) in [6.07, 6.45) is 4.24. The molecule has 166 valence electrons. The lowest BCUT2D eigenvalue weighted by Gasteiger charge is -2.21. The molecule has 0 unspecified atom stereocenters. The molecule has 0 saturated heterocycles. The normalized spacial score (nSPS) is 15.6. The molecule has 5 rings (SSSR count). The fraction of sp³-hybridized carbons (Fsp3) is 0.222. The first-order valence-electron chi connectivity index (χ1n) is 11.1. The van der Waals surface area contributed by atoms with Gasteiger partial charge in [0, 0.05) is 24.6 Å². The highest BCUT2D eigenvalue weighted by molar-refractivity contribution is 6.36. The Bertz CT molecular complexity index is 1230. The molecule has 0 radical (unpaired) electrons. The van der Waals surface area contributed by atoms with Crippen LogP contribution in [0.3, 0.4) is 0 Å². The van der Waals surface area contributed by atoms with E-state index < -0.39 is 0 Å². The van der Waals surface area contributed by atoms with Crippen LogP contribution in [0.15, 0.2) is 78.8 Å². The summed E-state index contributed by atoms with van der Waals surface area (Å²) >= 11 is 0. The minimum atomic E-state index is -0.291. The highest BCUT2D eigenvalue weighted by Crippen LogP contribution is 2.39. The summed E-state index contributed by atoms with van der Waals surface area (Å²) in [5.74, 6) is 0.158. The molecule has 3 aromatic rings. The number of benzene rings is 2. The Hall–Kier alpha value is -3.93. The monoisotopic (exact) mass is 439 g/mol. The lowest BCUT2D eigenvalue weighted by molar-refractivity contribution is -0.137. The van der Waals surface area contributed by atoms with E-state index in [4.69, 9.17) is 4.74 Å². The third-order valence-electron chi connectivity index (χ3n) is 5.88. The van der Waals surface area contributed by atoms with Crippen molar-refractivity contribution in [2.75, 3.05) is 11.4 Å². The number of aromatic nitrogens is 1. The summed E-state index contributed by atoms with van der Waals surface area (Å²) in [4.78, 5) is 34.7. The van der Waals surface area contributed by atoms with E-state index in [-0.39, 0.29) is 24.5 Å². The smallest absolute Gasteiger partial charge is 0.278 e. The van der Waals surface area contributed by atoms with E-state index in [1.54, 1.807) is 18.5 Å². The zero-order chi connectivity index (χ0) is 22.9. The number of carbonyl (C=O) groups is 2. The maximum absolute atomic E-state index is 13.7. The quantitative estimate of drug-likeness (QED) is 0.539. The maximum atomic E-state index is 13.7. The zero-order valence-electron chi connectivity index (χ0n) is 18.7. The third-order valence-corrected chi connectivity index (χ3v) is 5.88. The van der Waals surface area contributed by atoms with Gasteiger partial charge in [-0.3, -0.25) is 19.5 Å². The van der Waals surface area contributed by atoms with E-state index >= 15 is 0 Å². The second-order valence-electron chi connectivity index (χ2n) is 8.50. The van der Waals surface area contributed by atoms with Gasteiger partial charge in [-0.15, -0.1) is 0 Å². The van der Waals surface area contributed by atoms with Crippen LogP contribution < -0.4 is 9.64 Å². The summed E-state index contributed by atoms with van der Waals surface area (Å²) in [7, 11) is 0. The van der Waals surface area contributed by atoms with Crippen molar-refractivity contribution >= 4 is 23.1 Å². The van der Waals surface area contributed by atoms with E-state index in [1.807, 2.05) is 67.3 Å². The van der Waals surface area contributed by atoms with Crippen LogP contribution in [0.4, 0.5) is 5.69 Å². The van der Waals surface area contributed by atoms with Crippen molar-refractivity contribution in [3.63, 3.8) is 0 Å². The van der Waals surface area contributed by atoms with Crippen LogP contribution in [-0.2, 0) is 22.6 Å². The lowest BCUT2D eigenvalue weighted by atomic mass is 10.0. The Morgan fingerprint density at radius 3 is 2.48 bits per heavy atom. The van der Waals surface area contributed by atoms with Crippen molar-refractivity contribution in [1.82, 2.24) is 9.88 Å². The largest absolute Gasteiger partial charge is 0.491 e. The first-order chi connectivity index (χ1) is 16.0. The molecule has 6 nitrogen and oxygen atoms in total. The summed E-state index contributed by atoms with van der Waals surface area (Å²) in [6.45, 7) is 4.78. The van der Waals surface area contributed by atoms with E-state index in [9.17, 15) is 9.59 Å². The number of fused-ring (bicyclic) bond motifs is 1. The van der Waals surface area contributed by atoms with Gasteiger partial charge in [-0.05, 0) is 61.2 Å². The van der Waals surface area contributed by atoms with E-state index in [2.05, 4.69) is 11.1 Å². The molecule has 6 heteroatoms. The Morgan fingerprint density at radius 1 is 0.970 bits per heavy atom. The van der Waals surface area contributed by atoms with Gasteiger partial charge in [0.05, 0.1) is 18.2 Å². The number of anilines is 1. The van der Waals surface area contributed by atoms with Crippen LogP contribution in [-0.4, -0.2) is 34.3 Å². The minimum Gasteiger partial charge on any atom is -0.491 e. The predicted octanol–water partition coefficient (Wildman–Crippen LogP) is 4.21. The van der Waals surface area contributed by atoms with Gasteiger partial charge in [-0.2, -0.15) is 0 Å². The lowest BCUT2D eigenvalue weighted by Crippen LogP contribution is -2.34. The van der Waals surface area contributed by atoms with Crippen LogP contribution in [0.5, 0.6) is 5.75 Å². The zero-order valence-corrected chi connectivity index (χ0v) is 18.7. The van der Waals surface area contributed by atoms with E-state index in [1.165, 1.54) is 10.5 Å². The molecule has 0 atom stereocenters. The van der Waals surface area contributed by atoms with E-state index in [0.29, 0.717) is 23.4 Å². The molecule has 2 aromatic carbocycles. The molecule has 1 aromatic heterocycles. The van der Waals surface area contributed by atoms with Crippen molar-refractivity contribution in [2.24, 2.45) is 0 Å². The number of amides is 2. The minimum absolute atomic E-state index is 0.0522. The Kier molecular flexibility index (Phi) is 5.42. The van der Waals surface area contributed by atoms with Crippen molar-refractivity contribution in [2.45, 2.75) is 32.9 Å². The molecule has 0 bridgehead atoms. The van der Waals surface area contributed by atoms with Gasteiger partial charge in [-0.1, -0.05) is 36.4 Å². The molecule has 2 aliphatic rings. The summed E-state index contributed by atoms with van der Waals surface area (Å²) in [5, 5.41) is 0. The van der Waals surface area contributed by atoms with Crippen LogP contribution in [0.2, 0.25) is 0 Å². The van der Waals surface area contributed by atoms with Crippen molar-refractivity contribution in [3.8, 4) is 5.75 Å². The van der Waals surface area contributed by atoms with Crippen LogP contribution in [0.1, 0.15) is 30.5 Å². The van der Waals surface area contributed by atoms with Crippen molar-refractivity contribution in [3.05, 3.63) is 95.4 Å². The highest BCUT2D eigenvalue weighted by atomic mass is 16.5. The second kappa shape index (κ2) is 8.54. The SMILES string of the molecule is CC(C)Oc1ccc(C2=C(N3CCc4ccccc43)C(=O)N(Cc3cccnc3)C2=O)cc1. The Labute approximate surface area is 193 Å². The topological polar surface area (TPSA) is 62.7 Å². The van der Waals surface area contributed by atoms with Crippen LogP contribution in [0, 0.1) is 0 Å². The number of imide groups is 1. The number of para-hydroxylation sites is 1. The summed E-state index contributed by atoms with van der Waals surface area (Å²) < 4.78 is 5.76. The van der Waals surface area contributed by atoms with Gasteiger partial charge in [-0.25, -0.2) is 0 Å². The number of hydrogen-bond donors (Lipinski definition) is 0. The van der Waals surface area contributed by atoms with Crippen molar-refractivity contribution < 1.29 is 14.3 Å². The molecule has 0 N–H and O–H groups in total. The molecular formula is C27H25N3O3. The molecule has 2 aliphatic heterocycles. The Balaban J connectivity index is 1.57. The van der Waals surface area contributed by atoms with Crippen LogP contribution in [0.25, 0.3) is 5.57 Å². The molecular weight excluding hydrogens is 414 g/mol. The van der Waals surface area contributed by atoms with Gasteiger partial charge in [0.25, 0.3) is 11.8 Å². The fourth-order valence-corrected chi connectivity index (χ4v) is 4.43. The average Bonchev–Trinajstić information content (AvgIpc) is 3.34. The number of hydrogen-bond acceptors (Lipinski definition) is 5. The van der Waals surface area contributed by atoms with Crippen molar-refractivity contribution in [1.29, 1.82) is 0 Å². The number of carbonyl (C=O) groups excluding carboxylic acids is 2. The molecule has 0 aliphatic carbocycles. The van der Waals surface area contributed by atoms with E-state index in [0.717, 1.165) is 23.4 Å². The molecule has 0 fully saturated rings. The van der Waals surface area contributed by atoms with Gasteiger partial charge < -0.3 is 9.64 Å². The first-order valence-corrected chi connectivity index (χ1v) is 11.1. The molecule has 0 saturated carbocycles. The van der Waals surface area contributed by atoms with Crippen LogP contribution >= 0.6 is 0 Å². The first kappa shape index (κ1) is 20.9. The number of rotatable bonds is 6. The van der Waals surface area contributed by atoms with Gasteiger partial charge >= 0.3 is 0 Å².